The summed E-state index contributed by atoms with van der Waals surface area (Å²) in [5, 5.41) is 0. The van der Waals surface area contributed by atoms with Crippen LogP contribution in [-0.4, -0.2) is 25.0 Å². The molecular formula is C10H25N. The van der Waals surface area contributed by atoms with Gasteiger partial charge in [-0.1, -0.05) is 40.5 Å². The predicted molar refractivity (Wildman–Crippen MR) is 54.0 cm³/mol. The minimum absolute atomic E-state index is 1.18. The average Bonchev–Trinajstić information content (AvgIpc) is 2.02. The first-order chi connectivity index (χ1) is 5.22. The fourth-order valence-corrected chi connectivity index (χ4v) is 0.586. The largest absolute Gasteiger partial charge is 0.307 e. The molecule has 0 saturated carbocycles. The van der Waals surface area contributed by atoms with Gasteiger partial charge in [-0.15, -0.1) is 0 Å². The van der Waals surface area contributed by atoms with Gasteiger partial charge in [-0.3, -0.25) is 0 Å². The van der Waals surface area contributed by atoms with Crippen molar-refractivity contribution in [2.45, 2.75) is 47.0 Å². The van der Waals surface area contributed by atoms with E-state index < -0.39 is 0 Å². The molecule has 0 aliphatic rings. The maximum Gasteiger partial charge on any atom is -0.00220 e. The molecule has 70 valence electrons. The molecule has 0 bridgehead atoms. The Morgan fingerprint density at radius 2 is 1.45 bits per heavy atom. The Labute approximate surface area is 72.8 Å². The summed E-state index contributed by atoms with van der Waals surface area (Å²) in [6.45, 7) is 11.1. The van der Waals surface area contributed by atoms with Gasteiger partial charge in [0.1, 0.15) is 0 Å². The van der Waals surface area contributed by atoms with E-state index in [2.05, 4.69) is 39.6 Å². The summed E-state index contributed by atoms with van der Waals surface area (Å²) in [7, 11) is 2.16. The Bertz CT molecular complexity index is 52.8. The molecular weight excluding hydrogens is 134 g/mol. The van der Waals surface area contributed by atoms with Crippen LogP contribution in [0.5, 0.6) is 0 Å². The fraction of sp³-hybridized carbons (Fsp3) is 1.00. The molecule has 0 amide bonds. The van der Waals surface area contributed by atoms with Crippen LogP contribution in [0.4, 0.5) is 0 Å². The summed E-state index contributed by atoms with van der Waals surface area (Å²) >= 11 is 0. The van der Waals surface area contributed by atoms with Crippen molar-refractivity contribution in [1.29, 1.82) is 0 Å². The predicted octanol–water partition coefficient (Wildman–Crippen LogP) is 3.15. The molecule has 0 aromatic rings. The second kappa shape index (κ2) is 12.6. The highest BCUT2D eigenvalue weighted by Gasteiger charge is 1.89. The molecule has 0 aromatic carbocycles. The maximum atomic E-state index is 2.34. The normalized spacial score (nSPS) is 9.27. The molecule has 0 saturated heterocycles. The second-order valence-corrected chi connectivity index (χ2v) is 2.96. The zero-order valence-corrected chi connectivity index (χ0v) is 8.98. The Morgan fingerprint density at radius 3 is 1.73 bits per heavy atom. The molecule has 0 aliphatic heterocycles. The van der Waals surface area contributed by atoms with E-state index in [1.165, 1.54) is 32.4 Å². The van der Waals surface area contributed by atoms with Crippen molar-refractivity contribution in [2.24, 2.45) is 0 Å². The van der Waals surface area contributed by atoms with Gasteiger partial charge in [0, 0.05) is 0 Å². The van der Waals surface area contributed by atoms with Gasteiger partial charge in [0.2, 0.25) is 0 Å². The third-order valence-corrected chi connectivity index (χ3v) is 1.43. The number of unbranched alkanes of at least 4 members (excludes halogenated alkanes) is 1. The van der Waals surface area contributed by atoms with Gasteiger partial charge in [0.05, 0.1) is 0 Å². The number of hydrogen-bond acceptors (Lipinski definition) is 1. The molecule has 0 aromatic heterocycles. The van der Waals surface area contributed by atoms with Crippen LogP contribution in [0.1, 0.15) is 47.0 Å². The van der Waals surface area contributed by atoms with Gasteiger partial charge >= 0.3 is 0 Å². The van der Waals surface area contributed by atoms with Crippen LogP contribution in [0.3, 0.4) is 0 Å². The highest BCUT2D eigenvalue weighted by atomic mass is 15.1. The summed E-state index contributed by atoms with van der Waals surface area (Å²) in [4.78, 5) is 2.34. The third-order valence-electron chi connectivity index (χ3n) is 1.43. The molecule has 11 heavy (non-hydrogen) atoms. The highest BCUT2D eigenvalue weighted by Crippen LogP contribution is 1.89. The van der Waals surface area contributed by atoms with Gasteiger partial charge in [-0.25, -0.2) is 0 Å². The van der Waals surface area contributed by atoms with Crippen LogP contribution < -0.4 is 0 Å². The van der Waals surface area contributed by atoms with Crippen molar-refractivity contribution in [3.63, 3.8) is 0 Å². The molecule has 0 atom stereocenters. The SMILES string of the molecule is CCC.CCCCN(C)CC. The lowest BCUT2D eigenvalue weighted by Crippen LogP contribution is -2.18. The third kappa shape index (κ3) is 17.8. The number of rotatable bonds is 4. The van der Waals surface area contributed by atoms with Gasteiger partial charge in [0.25, 0.3) is 0 Å². The summed E-state index contributed by atoms with van der Waals surface area (Å²) in [6, 6.07) is 0. The Morgan fingerprint density at radius 1 is 1.00 bits per heavy atom. The van der Waals surface area contributed by atoms with Crippen molar-refractivity contribution in [1.82, 2.24) is 4.90 Å². The van der Waals surface area contributed by atoms with E-state index in [-0.39, 0.29) is 0 Å². The van der Waals surface area contributed by atoms with E-state index >= 15 is 0 Å². The van der Waals surface area contributed by atoms with Crippen LogP contribution in [0.15, 0.2) is 0 Å². The minimum atomic E-state index is 1.18. The standard InChI is InChI=1S/C7H17N.C3H8/c1-4-6-7-8(3)5-2;1-3-2/h4-7H2,1-3H3;3H2,1-2H3. The summed E-state index contributed by atoms with van der Waals surface area (Å²) in [6.07, 6.45) is 3.90. The Balaban J connectivity index is 0. The lowest BCUT2D eigenvalue weighted by atomic mass is 10.3. The smallest absolute Gasteiger partial charge is 0.00220 e. The van der Waals surface area contributed by atoms with Crippen molar-refractivity contribution in [3.05, 3.63) is 0 Å². The van der Waals surface area contributed by atoms with Crippen molar-refractivity contribution < 1.29 is 0 Å². The van der Waals surface area contributed by atoms with E-state index in [9.17, 15) is 0 Å². The molecule has 1 nitrogen and oxygen atoms in total. The number of hydrogen-bond donors (Lipinski definition) is 0. The zero-order chi connectivity index (χ0) is 9.11. The molecule has 0 aliphatic carbocycles. The van der Waals surface area contributed by atoms with Crippen LogP contribution in [0.2, 0.25) is 0 Å². The average molecular weight is 159 g/mol. The van der Waals surface area contributed by atoms with Gasteiger partial charge in [-0.05, 0) is 26.6 Å². The monoisotopic (exact) mass is 159 g/mol. The topological polar surface area (TPSA) is 3.24 Å². The molecule has 0 heterocycles. The molecule has 0 radical (unpaired) electrons. The fourth-order valence-electron chi connectivity index (χ4n) is 0.586. The van der Waals surface area contributed by atoms with E-state index in [4.69, 9.17) is 0 Å². The summed E-state index contributed by atoms with van der Waals surface area (Å²) < 4.78 is 0. The van der Waals surface area contributed by atoms with E-state index in [0.717, 1.165) is 0 Å². The Hall–Kier alpha value is -0.0400. The lowest BCUT2D eigenvalue weighted by Gasteiger charge is -2.11. The first kappa shape index (κ1) is 13.5. The highest BCUT2D eigenvalue weighted by molar-refractivity contribution is 4.44. The minimum Gasteiger partial charge on any atom is -0.307 e. The van der Waals surface area contributed by atoms with Gasteiger partial charge in [-0.2, -0.15) is 0 Å². The van der Waals surface area contributed by atoms with Crippen LogP contribution in [-0.2, 0) is 0 Å². The maximum absolute atomic E-state index is 2.34. The van der Waals surface area contributed by atoms with E-state index in [1.807, 2.05) is 0 Å². The van der Waals surface area contributed by atoms with Gasteiger partial charge < -0.3 is 4.90 Å². The van der Waals surface area contributed by atoms with Crippen molar-refractivity contribution >= 4 is 0 Å². The lowest BCUT2D eigenvalue weighted by molar-refractivity contribution is 0.346. The quantitative estimate of drug-likeness (QED) is 0.609. The molecule has 1 heteroatoms. The summed E-state index contributed by atoms with van der Waals surface area (Å²) in [5.41, 5.74) is 0. The van der Waals surface area contributed by atoms with Crippen molar-refractivity contribution in [3.8, 4) is 0 Å². The van der Waals surface area contributed by atoms with Crippen LogP contribution >= 0.6 is 0 Å². The Kier molecular flexibility index (Phi) is 15.5. The second-order valence-electron chi connectivity index (χ2n) is 2.96. The van der Waals surface area contributed by atoms with Crippen molar-refractivity contribution in [2.75, 3.05) is 20.1 Å². The van der Waals surface area contributed by atoms with Crippen LogP contribution in [0.25, 0.3) is 0 Å². The molecule has 0 fully saturated rings. The first-order valence-corrected chi connectivity index (χ1v) is 4.91. The van der Waals surface area contributed by atoms with E-state index in [1.54, 1.807) is 0 Å². The molecule has 0 spiro atoms. The number of nitrogens with zero attached hydrogens (tertiary/aromatic N) is 1. The summed E-state index contributed by atoms with van der Waals surface area (Å²) in [5.74, 6) is 0. The van der Waals surface area contributed by atoms with Gasteiger partial charge in [0.15, 0.2) is 0 Å². The first-order valence-electron chi connectivity index (χ1n) is 4.91. The van der Waals surface area contributed by atoms with E-state index in [0.29, 0.717) is 0 Å². The molecule has 0 rings (SSSR count). The molecule has 0 unspecified atom stereocenters. The zero-order valence-electron chi connectivity index (χ0n) is 8.98. The van der Waals surface area contributed by atoms with Crippen LogP contribution in [0, 0.1) is 0 Å². The molecule has 0 N–H and O–H groups in total.